The predicted molar refractivity (Wildman–Crippen MR) is 102 cm³/mol. The highest BCUT2D eigenvalue weighted by Gasteiger charge is 2.20. The molecule has 0 bridgehead atoms. The number of benzene rings is 1. The molecule has 0 aromatic heterocycles. The largest absolute Gasteiger partial charge is 0.379 e. The van der Waals surface area contributed by atoms with Gasteiger partial charge in [-0.2, -0.15) is 13.2 Å². The molecular formula is C19H28ClF3N2O2. The topological polar surface area (TPSA) is 24.9 Å². The minimum Gasteiger partial charge on any atom is -0.379 e. The Morgan fingerprint density at radius 1 is 0.963 bits per heavy atom. The highest BCUT2D eigenvalue weighted by Crippen LogP contribution is 2.34. The minimum atomic E-state index is -3.67. The van der Waals surface area contributed by atoms with Gasteiger partial charge in [0.1, 0.15) is 0 Å². The van der Waals surface area contributed by atoms with Gasteiger partial charge in [0.2, 0.25) is 0 Å². The molecule has 0 spiro atoms. The van der Waals surface area contributed by atoms with E-state index in [1.165, 1.54) is 16.8 Å². The summed E-state index contributed by atoms with van der Waals surface area (Å²) < 4.78 is 39.9. The van der Waals surface area contributed by atoms with Crippen molar-refractivity contribution < 1.29 is 22.6 Å². The van der Waals surface area contributed by atoms with Gasteiger partial charge in [0.05, 0.1) is 26.4 Å². The zero-order chi connectivity index (χ0) is 19.8. The standard InChI is InChI=1S/C18H27ClN2O2.CHF3/c1-14(2)18-15(13-20-3-7-22-8-4-20)11-16(12-17(18)19)21-5-9-23-10-6-21;2-1(3)4/h11-12,14H,3-10,13H2,1-2H3;1H. The van der Waals surface area contributed by atoms with E-state index in [1.807, 2.05) is 0 Å². The van der Waals surface area contributed by atoms with E-state index >= 15 is 0 Å². The first-order valence-corrected chi connectivity index (χ1v) is 9.63. The first-order chi connectivity index (χ1) is 12.9. The molecule has 0 amide bonds. The highest BCUT2D eigenvalue weighted by atomic mass is 35.5. The van der Waals surface area contributed by atoms with Crippen LogP contribution in [0.4, 0.5) is 18.9 Å². The van der Waals surface area contributed by atoms with Gasteiger partial charge in [0.25, 0.3) is 0 Å². The first kappa shape index (κ1) is 22.3. The molecule has 1 aromatic carbocycles. The molecule has 1 aromatic rings. The van der Waals surface area contributed by atoms with Crippen molar-refractivity contribution in [2.75, 3.05) is 57.5 Å². The average Bonchev–Trinajstić information content (AvgIpc) is 2.62. The molecule has 0 radical (unpaired) electrons. The van der Waals surface area contributed by atoms with Gasteiger partial charge in [0.15, 0.2) is 0 Å². The lowest BCUT2D eigenvalue weighted by Crippen LogP contribution is -2.37. The number of hydrogen-bond donors (Lipinski definition) is 0. The maximum atomic E-state index is 9.67. The van der Waals surface area contributed by atoms with E-state index in [-0.39, 0.29) is 0 Å². The van der Waals surface area contributed by atoms with E-state index in [0.717, 1.165) is 64.2 Å². The lowest BCUT2D eigenvalue weighted by Gasteiger charge is -2.32. The summed E-state index contributed by atoms with van der Waals surface area (Å²) in [6.45, 7) is 8.84. The summed E-state index contributed by atoms with van der Waals surface area (Å²) in [6, 6.07) is 4.47. The van der Waals surface area contributed by atoms with Gasteiger partial charge in [-0.1, -0.05) is 25.4 Å². The Morgan fingerprint density at radius 2 is 1.48 bits per heavy atom. The summed E-state index contributed by atoms with van der Waals surface area (Å²) >= 11 is 6.67. The fourth-order valence-electron chi connectivity index (χ4n) is 3.44. The molecule has 3 rings (SSSR count). The smallest absolute Gasteiger partial charge is 0.379 e. The van der Waals surface area contributed by atoms with Crippen molar-refractivity contribution in [3.8, 4) is 0 Å². The van der Waals surface area contributed by atoms with Crippen LogP contribution in [0.5, 0.6) is 0 Å². The van der Waals surface area contributed by atoms with Crippen molar-refractivity contribution in [1.29, 1.82) is 0 Å². The lowest BCUT2D eigenvalue weighted by atomic mass is 9.95. The van der Waals surface area contributed by atoms with Gasteiger partial charge in [-0.25, -0.2) is 0 Å². The second kappa shape index (κ2) is 11.1. The summed E-state index contributed by atoms with van der Waals surface area (Å²) in [5.41, 5.74) is 3.87. The van der Waals surface area contributed by atoms with Crippen molar-refractivity contribution in [3.63, 3.8) is 0 Å². The van der Waals surface area contributed by atoms with Crippen LogP contribution in [-0.2, 0) is 16.0 Å². The van der Waals surface area contributed by atoms with Gasteiger partial charge in [-0.05, 0) is 29.2 Å². The van der Waals surface area contributed by atoms with E-state index in [9.17, 15) is 13.2 Å². The summed E-state index contributed by atoms with van der Waals surface area (Å²) in [7, 11) is 0. The van der Waals surface area contributed by atoms with Crippen LogP contribution in [0.2, 0.25) is 5.02 Å². The van der Waals surface area contributed by atoms with E-state index in [1.54, 1.807) is 0 Å². The van der Waals surface area contributed by atoms with Crippen molar-refractivity contribution in [2.24, 2.45) is 0 Å². The predicted octanol–water partition coefficient (Wildman–Crippen LogP) is 4.31. The van der Waals surface area contributed by atoms with Crippen LogP contribution in [-0.4, -0.2) is 64.2 Å². The normalized spacial score (nSPS) is 18.6. The molecule has 2 aliphatic heterocycles. The molecule has 4 nitrogen and oxygen atoms in total. The Kier molecular flexibility index (Phi) is 9.15. The molecule has 27 heavy (non-hydrogen) atoms. The fourth-order valence-corrected chi connectivity index (χ4v) is 3.89. The van der Waals surface area contributed by atoms with Crippen LogP contribution in [0, 0.1) is 0 Å². The number of rotatable bonds is 4. The molecular weight excluding hydrogens is 381 g/mol. The highest BCUT2D eigenvalue weighted by molar-refractivity contribution is 6.31. The zero-order valence-corrected chi connectivity index (χ0v) is 16.7. The zero-order valence-electron chi connectivity index (χ0n) is 15.9. The van der Waals surface area contributed by atoms with Crippen LogP contribution >= 0.6 is 11.6 Å². The monoisotopic (exact) mass is 408 g/mol. The molecule has 2 aliphatic rings. The molecule has 154 valence electrons. The van der Waals surface area contributed by atoms with E-state index in [0.29, 0.717) is 5.92 Å². The summed E-state index contributed by atoms with van der Waals surface area (Å²) in [5, 5.41) is 0.896. The lowest BCUT2D eigenvalue weighted by molar-refractivity contribution is 0.00819. The second-order valence-electron chi connectivity index (χ2n) is 6.89. The van der Waals surface area contributed by atoms with E-state index in [2.05, 4.69) is 35.8 Å². The third-order valence-electron chi connectivity index (χ3n) is 4.65. The summed E-state index contributed by atoms with van der Waals surface area (Å²) in [4.78, 5) is 4.84. The Morgan fingerprint density at radius 3 is 2.00 bits per heavy atom. The number of anilines is 1. The second-order valence-corrected chi connectivity index (χ2v) is 7.30. The Labute approximate surface area is 164 Å². The minimum absolute atomic E-state index is 0.428. The van der Waals surface area contributed by atoms with Gasteiger partial charge in [-0.3, -0.25) is 4.90 Å². The number of alkyl halides is 3. The molecule has 0 atom stereocenters. The van der Waals surface area contributed by atoms with Gasteiger partial charge >= 0.3 is 6.68 Å². The number of morpholine rings is 2. The van der Waals surface area contributed by atoms with Gasteiger partial charge < -0.3 is 14.4 Å². The van der Waals surface area contributed by atoms with Crippen molar-refractivity contribution in [2.45, 2.75) is 33.0 Å². The molecule has 0 unspecified atom stereocenters. The Hall–Kier alpha value is -1.02. The molecule has 2 fully saturated rings. The SMILES string of the molecule is CC(C)c1c(Cl)cc(N2CCOCC2)cc1CN1CCOCC1.FC(F)F. The molecule has 2 heterocycles. The third-order valence-corrected chi connectivity index (χ3v) is 4.96. The number of ether oxygens (including phenoxy) is 2. The summed E-state index contributed by atoms with van der Waals surface area (Å²) in [5.74, 6) is 0.428. The maximum Gasteiger partial charge on any atom is 0.379 e. The van der Waals surface area contributed by atoms with E-state index < -0.39 is 6.68 Å². The third kappa shape index (κ3) is 7.14. The number of halogens is 4. The molecule has 8 heteroatoms. The van der Waals surface area contributed by atoms with Gasteiger partial charge in [0, 0.05) is 43.4 Å². The van der Waals surface area contributed by atoms with Crippen LogP contribution in [0.1, 0.15) is 30.9 Å². The molecule has 0 saturated carbocycles. The van der Waals surface area contributed by atoms with Crippen LogP contribution < -0.4 is 4.90 Å². The molecule has 0 N–H and O–H groups in total. The van der Waals surface area contributed by atoms with Crippen molar-refractivity contribution >= 4 is 17.3 Å². The van der Waals surface area contributed by atoms with Crippen molar-refractivity contribution in [3.05, 3.63) is 28.3 Å². The summed E-state index contributed by atoms with van der Waals surface area (Å²) in [6.07, 6.45) is 0. The average molecular weight is 409 g/mol. The van der Waals surface area contributed by atoms with Crippen LogP contribution in [0.15, 0.2) is 12.1 Å². The van der Waals surface area contributed by atoms with Crippen LogP contribution in [0.25, 0.3) is 0 Å². The Bertz CT molecular complexity index is 576. The first-order valence-electron chi connectivity index (χ1n) is 9.25. The van der Waals surface area contributed by atoms with Crippen LogP contribution in [0.3, 0.4) is 0 Å². The van der Waals surface area contributed by atoms with Gasteiger partial charge in [-0.15, -0.1) is 0 Å². The molecule has 2 saturated heterocycles. The quantitative estimate of drug-likeness (QED) is 0.741. The van der Waals surface area contributed by atoms with E-state index in [4.69, 9.17) is 21.1 Å². The number of nitrogens with zero attached hydrogens (tertiary/aromatic N) is 2. The molecule has 0 aliphatic carbocycles. The maximum absolute atomic E-state index is 9.67. The number of hydrogen-bond acceptors (Lipinski definition) is 4. The fraction of sp³-hybridized carbons (Fsp3) is 0.684. The Balaban J connectivity index is 0.000000596. The van der Waals surface area contributed by atoms with Crippen molar-refractivity contribution in [1.82, 2.24) is 4.90 Å².